The number of carbonyl (C=O) groups excluding carboxylic acids is 1. The quantitative estimate of drug-likeness (QED) is 0.626. The predicted molar refractivity (Wildman–Crippen MR) is 73.8 cm³/mol. The number of halogens is 1. The van der Waals surface area contributed by atoms with Crippen LogP contribution < -0.4 is 0 Å². The van der Waals surface area contributed by atoms with Gasteiger partial charge < -0.3 is 4.74 Å². The van der Waals surface area contributed by atoms with Crippen molar-refractivity contribution >= 4 is 33.7 Å². The van der Waals surface area contributed by atoms with Crippen molar-refractivity contribution in [3.8, 4) is 0 Å². The lowest BCUT2D eigenvalue weighted by Crippen LogP contribution is -2.10. The highest BCUT2D eigenvalue weighted by Crippen LogP contribution is 2.41. The second kappa shape index (κ2) is 5.91. The van der Waals surface area contributed by atoms with Crippen LogP contribution in [0, 0.1) is 0 Å². The molecule has 1 aliphatic rings. The summed E-state index contributed by atoms with van der Waals surface area (Å²) in [7, 11) is 0. The van der Waals surface area contributed by atoms with Gasteiger partial charge in [-0.1, -0.05) is 28.1 Å². The molecule has 2 rings (SSSR count). The normalized spacial score (nSPS) is 17.9. The number of esters is 1. The number of rotatable bonds is 4. The Morgan fingerprint density at radius 1 is 1.59 bits per heavy atom. The third-order valence-electron chi connectivity index (χ3n) is 2.83. The van der Waals surface area contributed by atoms with E-state index in [1.807, 2.05) is 18.7 Å². The molecule has 0 saturated heterocycles. The van der Waals surface area contributed by atoms with Gasteiger partial charge in [-0.05, 0) is 24.1 Å². The summed E-state index contributed by atoms with van der Waals surface area (Å²) in [6.07, 6.45) is 0.501. The molecule has 0 aliphatic carbocycles. The fraction of sp³-hybridized carbons (Fsp3) is 0.462. The fourth-order valence-electron chi connectivity index (χ4n) is 1.99. The van der Waals surface area contributed by atoms with Crippen LogP contribution in [0.3, 0.4) is 0 Å². The van der Waals surface area contributed by atoms with E-state index in [9.17, 15) is 4.79 Å². The van der Waals surface area contributed by atoms with Crippen LogP contribution in [-0.4, -0.2) is 18.3 Å². The summed E-state index contributed by atoms with van der Waals surface area (Å²) in [6, 6.07) is 6.48. The maximum absolute atomic E-state index is 11.5. The Morgan fingerprint density at radius 2 is 2.41 bits per heavy atom. The van der Waals surface area contributed by atoms with Crippen LogP contribution >= 0.6 is 27.7 Å². The lowest BCUT2D eigenvalue weighted by molar-refractivity contribution is -0.143. The zero-order valence-electron chi connectivity index (χ0n) is 9.74. The van der Waals surface area contributed by atoms with Crippen LogP contribution in [-0.2, 0) is 14.9 Å². The standard InChI is InChI=1S/C13H15BrO2S/c1-2-16-13(15)6-10-8-17-12-5-9(7-14)3-4-11(10)12/h3-5,10H,2,6-8H2,1H3. The molecule has 1 aliphatic heterocycles. The van der Waals surface area contributed by atoms with E-state index in [4.69, 9.17) is 4.74 Å². The SMILES string of the molecule is CCOC(=O)CC1CSc2cc(CBr)ccc21. The minimum atomic E-state index is -0.0875. The third kappa shape index (κ3) is 3.05. The first-order valence-electron chi connectivity index (χ1n) is 5.71. The molecule has 0 amide bonds. The topological polar surface area (TPSA) is 26.3 Å². The Balaban J connectivity index is 2.09. The first kappa shape index (κ1) is 13.0. The van der Waals surface area contributed by atoms with E-state index in [2.05, 4.69) is 34.1 Å². The molecule has 0 N–H and O–H groups in total. The van der Waals surface area contributed by atoms with Crippen molar-refractivity contribution in [3.05, 3.63) is 29.3 Å². The van der Waals surface area contributed by atoms with Crippen LogP contribution in [0.5, 0.6) is 0 Å². The molecule has 1 aromatic rings. The van der Waals surface area contributed by atoms with E-state index in [0.29, 0.717) is 18.9 Å². The molecule has 1 unspecified atom stereocenters. The van der Waals surface area contributed by atoms with Crippen LogP contribution in [0.1, 0.15) is 30.4 Å². The van der Waals surface area contributed by atoms with Gasteiger partial charge in [-0.2, -0.15) is 0 Å². The molecule has 0 aromatic heterocycles. The number of thioether (sulfide) groups is 1. The smallest absolute Gasteiger partial charge is 0.306 e. The van der Waals surface area contributed by atoms with Crippen molar-refractivity contribution in [3.63, 3.8) is 0 Å². The summed E-state index contributed by atoms with van der Waals surface area (Å²) in [6.45, 7) is 2.31. The van der Waals surface area contributed by atoms with Crippen LogP contribution in [0.2, 0.25) is 0 Å². The van der Waals surface area contributed by atoms with Crippen LogP contribution in [0.4, 0.5) is 0 Å². The van der Waals surface area contributed by atoms with Gasteiger partial charge in [-0.15, -0.1) is 11.8 Å². The highest BCUT2D eigenvalue weighted by Gasteiger charge is 2.25. The Bertz CT molecular complexity index is 420. The van der Waals surface area contributed by atoms with Crippen LogP contribution in [0.15, 0.2) is 23.1 Å². The number of hydrogen-bond acceptors (Lipinski definition) is 3. The van der Waals surface area contributed by atoms with Gasteiger partial charge in [0.05, 0.1) is 13.0 Å². The average molecular weight is 315 g/mol. The van der Waals surface area contributed by atoms with Gasteiger partial charge in [0.1, 0.15) is 0 Å². The van der Waals surface area contributed by atoms with Gasteiger partial charge in [-0.25, -0.2) is 0 Å². The molecule has 1 heterocycles. The van der Waals surface area contributed by atoms with Gasteiger partial charge in [0, 0.05) is 21.9 Å². The molecule has 0 radical (unpaired) electrons. The number of benzene rings is 1. The molecule has 0 bridgehead atoms. The highest BCUT2D eigenvalue weighted by atomic mass is 79.9. The number of hydrogen-bond donors (Lipinski definition) is 0. The maximum Gasteiger partial charge on any atom is 0.306 e. The molecule has 1 atom stereocenters. The van der Waals surface area contributed by atoms with Crippen molar-refractivity contribution in [2.45, 2.75) is 29.5 Å². The van der Waals surface area contributed by atoms with Crippen molar-refractivity contribution in [2.24, 2.45) is 0 Å². The van der Waals surface area contributed by atoms with E-state index < -0.39 is 0 Å². The van der Waals surface area contributed by atoms with Gasteiger partial charge in [0.15, 0.2) is 0 Å². The summed E-state index contributed by atoms with van der Waals surface area (Å²) in [4.78, 5) is 12.8. The summed E-state index contributed by atoms with van der Waals surface area (Å²) in [5.41, 5.74) is 2.58. The minimum Gasteiger partial charge on any atom is -0.466 e. The van der Waals surface area contributed by atoms with Crippen molar-refractivity contribution in [2.75, 3.05) is 12.4 Å². The van der Waals surface area contributed by atoms with Crippen molar-refractivity contribution < 1.29 is 9.53 Å². The lowest BCUT2D eigenvalue weighted by atomic mass is 9.97. The Kier molecular flexibility index (Phi) is 4.51. The van der Waals surface area contributed by atoms with E-state index in [1.165, 1.54) is 16.0 Å². The summed E-state index contributed by atoms with van der Waals surface area (Å²) in [5, 5.41) is 0.878. The van der Waals surface area contributed by atoms with Crippen molar-refractivity contribution in [1.82, 2.24) is 0 Å². The van der Waals surface area contributed by atoms with Gasteiger partial charge in [-0.3, -0.25) is 4.79 Å². The second-order valence-corrected chi connectivity index (χ2v) is 5.65. The molecule has 0 saturated carbocycles. The Morgan fingerprint density at radius 3 is 3.12 bits per heavy atom. The monoisotopic (exact) mass is 314 g/mol. The number of fused-ring (bicyclic) bond motifs is 1. The first-order valence-corrected chi connectivity index (χ1v) is 7.82. The highest BCUT2D eigenvalue weighted by molar-refractivity contribution is 9.08. The second-order valence-electron chi connectivity index (χ2n) is 4.02. The third-order valence-corrected chi connectivity index (χ3v) is 4.71. The number of alkyl halides is 1. The molecule has 92 valence electrons. The maximum atomic E-state index is 11.5. The molecule has 0 fully saturated rings. The lowest BCUT2D eigenvalue weighted by Gasteiger charge is -2.10. The predicted octanol–water partition coefficient (Wildman–Crippen LogP) is 3.72. The van der Waals surface area contributed by atoms with Gasteiger partial charge >= 0.3 is 5.97 Å². The number of carbonyl (C=O) groups is 1. The van der Waals surface area contributed by atoms with E-state index in [0.717, 1.165) is 11.1 Å². The fourth-order valence-corrected chi connectivity index (χ4v) is 3.66. The molecular formula is C13H15BrO2S. The van der Waals surface area contributed by atoms with E-state index >= 15 is 0 Å². The summed E-state index contributed by atoms with van der Waals surface area (Å²) >= 11 is 5.30. The number of ether oxygens (including phenoxy) is 1. The summed E-state index contributed by atoms with van der Waals surface area (Å²) < 4.78 is 5.01. The molecular weight excluding hydrogens is 300 g/mol. The Hall–Kier alpha value is -0.480. The minimum absolute atomic E-state index is 0.0875. The van der Waals surface area contributed by atoms with Gasteiger partial charge in [0.2, 0.25) is 0 Å². The molecule has 17 heavy (non-hydrogen) atoms. The zero-order chi connectivity index (χ0) is 12.3. The Labute approximate surface area is 114 Å². The first-order chi connectivity index (χ1) is 8.24. The van der Waals surface area contributed by atoms with Crippen molar-refractivity contribution in [1.29, 1.82) is 0 Å². The van der Waals surface area contributed by atoms with E-state index in [-0.39, 0.29) is 5.97 Å². The molecule has 4 heteroatoms. The zero-order valence-corrected chi connectivity index (χ0v) is 12.1. The van der Waals surface area contributed by atoms with Gasteiger partial charge in [0.25, 0.3) is 0 Å². The van der Waals surface area contributed by atoms with Crippen LogP contribution in [0.25, 0.3) is 0 Å². The largest absolute Gasteiger partial charge is 0.466 e. The summed E-state index contributed by atoms with van der Waals surface area (Å²) in [5.74, 6) is 1.22. The average Bonchev–Trinajstić information content (AvgIpc) is 2.72. The molecule has 1 aromatic carbocycles. The molecule has 0 spiro atoms. The van der Waals surface area contributed by atoms with E-state index in [1.54, 1.807) is 0 Å². The molecule has 2 nitrogen and oxygen atoms in total.